The van der Waals surface area contributed by atoms with Gasteiger partial charge in [-0.15, -0.1) is 0 Å². The van der Waals surface area contributed by atoms with Gasteiger partial charge >= 0.3 is 11.9 Å². The maximum Gasteiger partial charge on any atom is 0.303 e. The summed E-state index contributed by atoms with van der Waals surface area (Å²) in [7, 11) is 0. The fourth-order valence-electron chi connectivity index (χ4n) is 4.44. The van der Waals surface area contributed by atoms with Gasteiger partial charge in [0.25, 0.3) is 0 Å². The van der Waals surface area contributed by atoms with E-state index in [4.69, 9.17) is 45.0 Å². The van der Waals surface area contributed by atoms with Gasteiger partial charge in [0.1, 0.15) is 17.2 Å². The highest BCUT2D eigenvalue weighted by atomic mass is 79.9. The summed E-state index contributed by atoms with van der Waals surface area (Å²) in [6, 6.07) is 10.8. The van der Waals surface area contributed by atoms with Crippen LogP contribution in [0.5, 0.6) is 17.2 Å². The van der Waals surface area contributed by atoms with Crippen LogP contribution in [-0.4, -0.2) is 52.4 Å². The highest BCUT2D eigenvalue weighted by Gasteiger charge is 2.09. The molecule has 52 heavy (non-hydrogen) atoms. The Morgan fingerprint density at radius 1 is 0.596 bits per heavy atom. The highest BCUT2D eigenvalue weighted by Crippen LogP contribution is 2.36. The molecular formula is C36H39Br3Cl3N3O7. The van der Waals surface area contributed by atoms with E-state index in [1.54, 1.807) is 24.3 Å². The quantitative estimate of drug-likeness (QED) is 0.0698. The number of aromatic hydroxyl groups is 3. The SMILES string of the molecule is CCCC(=O)O.CCCCCCCC(=O)O.Oc1c[nH]c2cc(Cl)c(Br)cc12.Oc1c[nH]c2cc(Cl)c(Br)cc12.Oc1c[nH]c2ccc(Br)c(Cl)c12. The predicted octanol–water partition coefficient (Wildman–Crippen LogP) is 13.2. The first kappa shape index (κ1) is 45.1. The summed E-state index contributed by atoms with van der Waals surface area (Å²) in [5.41, 5.74) is 2.50. The van der Waals surface area contributed by atoms with Crippen LogP contribution in [-0.2, 0) is 9.59 Å². The molecule has 3 aromatic heterocycles. The van der Waals surface area contributed by atoms with Crippen molar-refractivity contribution in [3.63, 3.8) is 0 Å². The van der Waals surface area contributed by atoms with Crippen molar-refractivity contribution in [1.29, 1.82) is 0 Å². The molecule has 0 atom stereocenters. The van der Waals surface area contributed by atoms with E-state index >= 15 is 0 Å². The third kappa shape index (κ3) is 14.4. The van der Waals surface area contributed by atoms with Gasteiger partial charge in [0.2, 0.25) is 0 Å². The second-order valence-corrected chi connectivity index (χ2v) is 14.9. The standard InChI is InChI=1S/3C8H5BrClNO.C8H16O2.C4H8O2/c2*9-5-1-4-7(2-6(5)10)11-3-8(4)12;9-4-1-2-5-7(8(4)10)6(12)3-11-5;1-2-3-4-5-6-7-8(9)10;1-2-3-4(5)6/h3*1-3,11-12H;2-7H2,1H3,(H,9,10);2-3H2,1H3,(H,5,6). The van der Waals surface area contributed by atoms with Crippen LogP contribution in [0.15, 0.2) is 68.4 Å². The van der Waals surface area contributed by atoms with Gasteiger partial charge in [-0.1, -0.05) is 74.3 Å². The molecule has 16 heteroatoms. The van der Waals surface area contributed by atoms with E-state index in [0.717, 1.165) is 60.0 Å². The monoisotopic (exact) mass is 967 g/mol. The molecule has 282 valence electrons. The number of aromatic nitrogens is 3. The number of fused-ring (bicyclic) bond motifs is 3. The van der Waals surface area contributed by atoms with Gasteiger partial charge in [-0.3, -0.25) is 9.59 Å². The zero-order chi connectivity index (χ0) is 39.0. The molecule has 0 bridgehead atoms. The summed E-state index contributed by atoms with van der Waals surface area (Å²) >= 11 is 27.5. The van der Waals surface area contributed by atoms with Crippen molar-refractivity contribution in [3.8, 4) is 17.2 Å². The van der Waals surface area contributed by atoms with Crippen molar-refractivity contribution in [3.05, 3.63) is 83.5 Å². The largest absolute Gasteiger partial charge is 0.506 e. The van der Waals surface area contributed by atoms with Crippen molar-refractivity contribution in [1.82, 2.24) is 15.0 Å². The molecule has 8 N–H and O–H groups in total. The maximum atomic E-state index is 10.0. The normalized spacial score (nSPS) is 10.3. The van der Waals surface area contributed by atoms with Crippen LogP contribution in [0, 0.1) is 0 Å². The number of benzene rings is 3. The molecule has 10 nitrogen and oxygen atoms in total. The summed E-state index contributed by atoms with van der Waals surface area (Å²) in [6.07, 6.45) is 11.5. The first-order valence-corrected chi connectivity index (χ1v) is 19.5. The molecule has 0 saturated carbocycles. The first-order valence-electron chi connectivity index (χ1n) is 16.0. The van der Waals surface area contributed by atoms with Crippen LogP contribution in [0.2, 0.25) is 15.1 Å². The minimum Gasteiger partial charge on any atom is -0.506 e. The predicted molar refractivity (Wildman–Crippen MR) is 222 cm³/mol. The first-order chi connectivity index (χ1) is 24.6. The van der Waals surface area contributed by atoms with Crippen LogP contribution in [0.1, 0.15) is 65.2 Å². The second kappa shape index (κ2) is 22.9. The topological polar surface area (TPSA) is 183 Å². The number of aromatic amines is 3. The fraction of sp³-hybridized carbons (Fsp3) is 0.278. The Balaban J connectivity index is 0.000000229. The lowest BCUT2D eigenvalue weighted by molar-refractivity contribution is -0.138. The Morgan fingerprint density at radius 3 is 1.50 bits per heavy atom. The van der Waals surface area contributed by atoms with Gasteiger partial charge < -0.3 is 40.5 Å². The van der Waals surface area contributed by atoms with Crippen LogP contribution < -0.4 is 0 Å². The molecule has 0 fully saturated rings. The zero-order valence-corrected chi connectivity index (χ0v) is 35.2. The van der Waals surface area contributed by atoms with Crippen LogP contribution in [0.3, 0.4) is 0 Å². The van der Waals surface area contributed by atoms with Crippen molar-refractivity contribution in [2.45, 2.75) is 65.2 Å². The molecule has 0 unspecified atom stereocenters. The van der Waals surface area contributed by atoms with Gasteiger partial charge in [0.15, 0.2) is 0 Å². The Bertz CT molecular complexity index is 1980. The summed E-state index contributed by atoms with van der Waals surface area (Å²) in [6.45, 7) is 3.99. The molecule has 0 spiro atoms. The number of hydrogen-bond donors (Lipinski definition) is 8. The molecule has 0 aliphatic heterocycles. The summed E-state index contributed by atoms with van der Waals surface area (Å²) in [5, 5.41) is 48.2. The number of aliphatic carboxylic acids is 2. The third-order valence-corrected chi connectivity index (χ3v) is 10.8. The average molecular weight is 972 g/mol. The minimum absolute atomic E-state index is 0.177. The number of rotatable bonds is 8. The summed E-state index contributed by atoms with van der Waals surface area (Å²) in [4.78, 5) is 28.3. The zero-order valence-electron chi connectivity index (χ0n) is 28.2. The number of carboxylic acid groups (broad SMARTS) is 2. The molecule has 0 aliphatic carbocycles. The minimum atomic E-state index is -0.711. The molecule has 0 amide bonds. The number of nitrogens with one attached hydrogen (secondary N) is 3. The third-order valence-electron chi connectivity index (χ3n) is 7.08. The molecular weight excluding hydrogens is 932 g/mol. The highest BCUT2D eigenvalue weighted by molar-refractivity contribution is 9.11. The fourth-order valence-corrected chi connectivity index (χ4v) is 6.04. The van der Waals surface area contributed by atoms with E-state index in [1.807, 2.05) is 19.1 Å². The molecule has 0 saturated heterocycles. The van der Waals surface area contributed by atoms with E-state index in [9.17, 15) is 24.9 Å². The molecule has 6 aromatic rings. The van der Waals surface area contributed by atoms with Crippen molar-refractivity contribution < 1.29 is 35.1 Å². The van der Waals surface area contributed by atoms with E-state index in [-0.39, 0.29) is 17.2 Å². The molecule has 0 aliphatic rings. The van der Waals surface area contributed by atoms with Gasteiger partial charge in [0, 0.05) is 55.6 Å². The summed E-state index contributed by atoms with van der Waals surface area (Å²) in [5.74, 6) is -0.727. The average Bonchev–Trinajstić information content (AvgIpc) is 3.76. The number of hydrogen-bond acceptors (Lipinski definition) is 5. The summed E-state index contributed by atoms with van der Waals surface area (Å²) < 4.78 is 2.35. The molecule has 3 heterocycles. The van der Waals surface area contributed by atoms with Gasteiger partial charge in [-0.25, -0.2) is 0 Å². The lowest BCUT2D eigenvalue weighted by Crippen LogP contribution is -1.93. The van der Waals surface area contributed by atoms with Gasteiger partial charge in [0.05, 0.1) is 37.0 Å². The number of carbonyl (C=O) groups is 2. The number of H-pyrrole nitrogens is 3. The molecule has 0 radical (unpaired) electrons. The van der Waals surface area contributed by atoms with Crippen molar-refractivity contribution >= 4 is 127 Å². The van der Waals surface area contributed by atoms with E-state index in [0.29, 0.717) is 33.3 Å². The maximum absolute atomic E-state index is 10.0. The van der Waals surface area contributed by atoms with E-state index < -0.39 is 11.9 Å². The Hall–Kier alpha value is -3.07. The van der Waals surface area contributed by atoms with Gasteiger partial charge in [-0.05, 0) is 97.0 Å². The van der Waals surface area contributed by atoms with Crippen LogP contribution >= 0.6 is 82.6 Å². The van der Waals surface area contributed by atoms with E-state index in [1.165, 1.54) is 37.9 Å². The number of carboxylic acids is 2. The van der Waals surface area contributed by atoms with Crippen molar-refractivity contribution in [2.24, 2.45) is 0 Å². The number of halogens is 6. The van der Waals surface area contributed by atoms with Crippen LogP contribution in [0.4, 0.5) is 0 Å². The lowest BCUT2D eigenvalue weighted by atomic mass is 10.1. The number of unbranched alkanes of at least 4 members (excludes halogenated alkanes) is 4. The Morgan fingerprint density at radius 2 is 1.06 bits per heavy atom. The smallest absolute Gasteiger partial charge is 0.303 e. The van der Waals surface area contributed by atoms with Crippen LogP contribution in [0.25, 0.3) is 32.7 Å². The van der Waals surface area contributed by atoms with Crippen molar-refractivity contribution in [2.75, 3.05) is 0 Å². The second-order valence-electron chi connectivity index (χ2n) is 11.1. The Kier molecular flexibility index (Phi) is 19.8. The molecule has 3 aromatic carbocycles. The van der Waals surface area contributed by atoms with Gasteiger partial charge in [-0.2, -0.15) is 0 Å². The lowest BCUT2D eigenvalue weighted by Gasteiger charge is -1.97. The van der Waals surface area contributed by atoms with E-state index in [2.05, 4.69) is 69.7 Å². The Labute approximate surface area is 340 Å². The molecule has 6 rings (SSSR count).